The molecule has 0 radical (unpaired) electrons. The summed E-state index contributed by atoms with van der Waals surface area (Å²) < 4.78 is 0. The van der Waals surface area contributed by atoms with Gasteiger partial charge in [-0.15, -0.1) is 0 Å². The molecular weight excluding hydrogens is 248 g/mol. The van der Waals surface area contributed by atoms with Crippen molar-refractivity contribution < 1.29 is 4.79 Å². The summed E-state index contributed by atoms with van der Waals surface area (Å²) in [6.07, 6.45) is 5.94. The van der Waals surface area contributed by atoms with Crippen LogP contribution in [0.5, 0.6) is 0 Å². The Bertz CT molecular complexity index is 450. The summed E-state index contributed by atoms with van der Waals surface area (Å²) in [5, 5.41) is 6.27. The van der Waals surface area contributed by atoms with E-state index in [2.05, 4.69) is 17.6 Å². The number of likely N-dealkylation sites (N-methyl/N-ethyl adjacent to an activating group) is 1. The lowest BCUT2D eigenvalue weighted by molar-refractivity contribution is 0.0933. The molecule has 1 saturated carbocycles. The molecule has 0 aromatic heterocycles. The number of amides is 1. The Kier molecular flexibility index (Phi) is 5.18. The maximum absolute atomic E-state index is 12.4. The topological polar surface area (TPSA) is 41.1 Å². The number of carbonyl (C=O) groups excluding carboxylic acids is 1. The maximum atomic E-state index is 12.4. The molecule has 1 aromatic rings. The predicted molar refractivity (Wildman–Crippen MR) is 83.0 cm³/mol. The first kappa shape index (κ1) is 15.0. The largest absolute Gasteiger partial charge is 0.351 e. The summed E-state index contributed by atoms with van der Waals surface area (Å²) in [5.74, 6) is 0.0739. The Labute approximate surface area is 122 Å². The average Bonchev–Trinajstić information content (AvgIpc) is 2.90. The van der Waals surface area contributed by atoms with Crippen molar-refractivity contribution in [1.29, 1.82) is 0 Å². The lowest BCUT2D eigenvalue weighted by Gasteiger charge is -2.24. The van der Waals surface area contributed by atoms with Gasteiger partial charge in [-0.05, 0) is 49.9 Å². The molecule has 0 heterocycles. The van der Waals surface area contributed by atoms with Gasteiger partial charge in [0.05, 0.1) is 0 Å². The van der Waals surface area contributed by atoms with Crippen LogP contribution in [0.3, 0.4) is 0 Å². The van der Waals surface area contributed by atoms with Crippen LogP contribution in [0, 0.1) is 5.41 Å². The number of rotatable bonds is 6. The lowest BCUT2D eigenvalue weighted by Crippen LogP contribution is -2.34. The molecule has 0 atom stereocenters. The molecule has 2 rings (SSSR count). The summed E-state index contributed by atoms with van der Waals surface area (Å²) >= 11 is 0. The first-order valence-electron chi connectivity index (χ1n) is 7.65. The molecule has 1 fully saturated rings. The van der Waals surface area contributed by atoms with Gasteiger partial charge in [0.2, 0.25) is 0 Å². The highest BCUT2D eigenvalue weighted by atomic mass is 16.1. The Morgan fingerprint density at radius 1 is 1.25 bits per heavy atom. The predicted octanol–water partition coefficient (Wildman–Crippen LogP) is 2.76. The van der Waals surface area contributed by atoms with Crippen LogP contribution in [0.4, 0.5) is 0 Å². The number of hydrogen-bond acceptors (Lipinski definition) is 2. The van der Waals surface area contributed by atoms with E-state index in [0.717, 1.165) is 30.6 Å². The van der Waals surface area contributed by atoms with E-state index < -0.39 is 0 Å². The van der Waals surface area contributed by atoms with Crippen LogP contribution in [0.2, 0.25) is 0 Å². The van der Waals surface area contributed by atoms with Gasteiger partial charge < -0.3 is 10.6 Å². The van der Waals surface area contributed by atoms with E-state index in [-0.39, 0.29) is 5.91 Å². The molecule has 0 aliphatic heterocycles. The maximum Gasteiger partial charge on any atom is 0.251 e. The van der Waals surface area contributed by atoms with Gasteiger partial charge in [-0.25, -0.2) is 0 Å². The summed E-state index contributed by atoms with van der Waals surface area (Å²) in [7, 11) is 1.93. The summed E-state index contributed by atoms with van der Waals surface area (Å²) in [6.45, 7) is 3.97. The fourth-order valence-corrected chi connectivity index (χ4v) is 3.01. The minimum Gasteiger partial charge on any atom is -0.351 e. The number of benzene rings is 1. The molecule has 0 bridgehead atoms. The van der Waals surface area contributed by atoms with Crippen molar-refractivity contribution in [1.82, 2.24) is 10.6 Å². The van der Waals surface area contributed by atoms with Crippen LogP contribution in [0.25, 0.3) is 0 Å². The van der Waals surface area contributed by atoms with Crippen LogP contribution < -0.4 is 10.6 Å². The van der Waals surface area contributed by atoms with Gasteiger partial charge in [0.25, 0.3) is 5.91 Å². The number of hydrogen-bond donors (Lipinski definition) is 2. The Balaban J connectivity index is 1.98. The third kappa shape index (κ3) is 3.83. The van der Waals surface area contributed by atoms with Gasteiger partial charge in [-0.1, -0.05) is 38.0 Å². The van der Waals surface area contributed by atoms with E-state index in [1.165, 1.54) is 25.7 Å². The summed E-state index contributed by atoms with van der Waals surface area (Å²) in [4.78, 5) is 12.4. The first-order valence-corrected chi connectivity index (χ1v) is 7.65. The molecule has 0 spiro atoms. The molecule has 0 unspecified atom stereocenters. The second kappa shape index (κ2) is 6.89. The molecule has 1 aliphatic rings. The molecule has 20 heavy (non-hydrogen) atoms. The molecular formula is C17H26N2O. The van der Waals surface area contributed by atoms with Gasteiger partial charge >= 0.3 is 0 Å². The Morgan fingerprint density at radius 3 is 2.65 bits per heavy atom. The zero-order valence-corrected chi connectivity index (χ0v) is 12.7. The minimum absolute atomic E-state index is 0.0739. The van der Waals surface area contributed by atoms with Gasteiger partial charge in [0.1, 0.15) is 0 Å². The monoisotopic (exact) mass is 274 g/mol. The second-order valence-electron chi connectivity index (χ2n) is 6.21. The SMILES string of the molecule is CNCCc1ccccc1C(=O)NCC1(C)CCCC1. The van der Waals surface area contributed by atoms with Crippen LogP contribution in [0.15, 0.2) is 24.3 Å². The van der Waals surface area contributed by atoms with Crippen molar-refractivity contribution in [2.24, 2.45) is 5.41 Å². The summed E-state index contributed by atoms with van der Waals surface area (Å²) in [5.41, 5.74) is 2.25. The number of carbonyl (C=O) groups is 1. The third-order valence-corrected chi connectivity index (χ3v) is 4.39. The molecule has 1 aromatic carbocycles. The third-order valence-electron chi connectivity index (χ3n) is 4.39. The molecule has 2 N–H and O–H groups in total. The van der Waals surface area contributed by atoms with Crippen molar-refractivity contribution in [3.8, 4) is 0 Å². The molecule has 1 aliphatic carbocycles. The van der Waals surface area contributed by atoms with E-state index in [4.69, 9.17) is 0 Å². The zero-order valence-electron chi connectivity index (χ0n) is 12.7. The Hall–Kier alpha value is -1.35. The van der Waals surface area contributed by atoms with Gasteiger partial charge in [0, 0.05) is 12.1 Å². The van der Waals surface area contributed by atoms with E-state index in [1.807, 2.05) is 31.3 Å². The van der Waals surface area contributed by atoms with Crippen LogP contribution in [-0.2, 0) is 6.42 Å². The van der Waals surface area contributed by atoms with Gasteiger partial charge in [0.15, 0.2) is 0 Å². The van der Waals surface area contributed by atoms with Crippen molar-refractivity contribution in [2.45, 2.75) is 39.0 Å². The first-order chi connectivity index (χ1) is 9.64. The fourth-order valence-electron chi connectivity index (χ4n) is 3.01. The van der Waals surface area contributed by atoms with Crippen molar-refractivity contribution >= 4 is 5.91 Å². The quantitative estimate of drug-likeness (QED) is 0.837. The second-order valence-corrected chi connectivity index (χ2v) is 6.21. The summed E-state index contributed by atoms with van der Waals surface area (Å²) in [6, 6.07) is 7.91. The number of nitrogens with one attached hydrogen (secondary N) is 2. The van der Waals surface area contributed by atoms with Crippen molar-refractivity contribution in [3.05, 3.63) is 35.4 Å². The molecule has 110 valence electrons. The highest BCUT2D eigenvalue weighted by Gasteiger charge is 2.29. The van der Waals surface area contributed by atoms with E-state index in [0.29, 0.717) is 5.41 Å². The van der Waals surface area contributed by atoms with Crippen LogP contribution >= 0.6 is 0 Å². The normalized spacial score (nSPS) is 17.1. The van der Waals surface area contributed by atoms with Gasteiger partial charge in [-0.3, -0.25) is 4.79 Å². The van der Waals surface area contributed by atoms with E-state index >= 15 is 0 Å². The standard InChI is InChI=1S/C17H26N2O/c1-17(10-5-6-11-17)13-19-16(20)15-8-4-3-7-14(15)9-12-18-2/h3-4,7-8,18H,5-6,9-13H2,1-2H3,(H,19,20). The van der Waals surface area contributed by atoms with Crippen LogP contribution in [0.1, 0.15) is 48.5 Å². The van der Waals surface area contributed by atoms with E-state index in [9.17, 15) is 4.79 Å². The highest BCUT2D eigenvalue weighted by Crippen LogP contribution is 2.36. The fraction of sp³-hybridized carbons (Fsp3) is 0.588. The van der Waals surface area contributed by atoms with Crippen molar-refractivity contribution in [3.63, 3.8) is 0 Å². The molecule has 3 nitrogen and oxygen atoms in total. The smallest absolute Gasteiger partial charge is 0.251 e. The lowest BCUT2D eigenvalue weighted by atomic mass is 9.89. The average molecular weight is 274 g/mol. The highest BCUT2D eigenvalue weighted by molar-refractivity contribution is 5.95. The van der Waals surface area contributed by atoms with E-state index in [1.54, 1.807) is 0 Å². The van der Waals surface area contributed by atoms with Gasteiger partial charge in [-0.2, -0.15) is 0 Å². The molecule has 1 amide bonds. The zero-order chi connectivity index (χ0) is 14.4. The molecule has 3 heteroatoms. The Morgan fingerprint density at radius 2 is 1.95 bits per heavy atom. The van der Waals surface area contributed by atoms with Crippen LogP contribution in [-0.4, -0.2) is 26.0 Å². The molecule has 0 saturated heterocycles. The van der Waals surface area contributed by atoms with Crippen molar-refractivity contribution in [2.75, 3.05) is 20.1 Å². The minimum atomic E-state index is 0.0739.